The quantitative estimate of drug-likeness (QED) is 0.832. The van der Waals surface area contributed by atoms with Gasteiger partial charge in [-0.3, -0.25) is 4.90 Å². The van der Waals surface area contributed by atoms with Crippen LogP contribution in [-0.4, -0.2) is 35.6 Å². The van der Waals surface area contributed by atoms with Gasteiger partial charge in [0.05, 0.1) is 0 Å². The van der Waals surface area contributed by atoms with Gasteiger partial charge in [-0.15, -0.1) is 0 Å². The number of hydrogen-bond acceptors (Lipinski definition) is 2. The molecule has 2 fully saturated rings. The minimum absolute atomic E-state index is 0.364. The highest BCUT2D eigenvalue weighted by Crippen LogP contribution is 2.31. The minimum atomic E-state index is 0.364. The maximum Gasteiger partial charge on any atom is 0.0224 e. The third-order valence-electron chi connectivity index (χ3n) is 5.46. The Morgan fingerprint density at radius 3 is 2.47 bits per heavy atom. The van der Waals surface area contributed by atoms with Crippen molar-refractivity contribution in [3.63, 3.8) is 0 Å². The molecule has 0 aromatic heterocycles. The summed E-state index contributed by atoms with van der Waals surface area (Å²) in [5.74, 6) is 0.932. The Balaban J connectivity index is 1.98. The van der Waals surface area contributed by atoms with Gasteiger partial charge in [-0.1, -0.05) is 32.6 Å². The van der Waals surface area contributed by atoms with Crippen LogP contribution in [0.5, 0.6) is 0 Å². The van der Waals surface area contributed by atoms with Crippen LogP contribution < -0.4 is 5.32 Å². The van der Waals surface area contributed by atoms with E-state index in [-0.39, 0.29) is 0 Å². The number of hydrogen-bond donors (Lipinski definition) is 1. The summed E-state index contributed by atoms with van der Waals surface area (Å²) in [6.07, 6.45) is 9.88. The fourth-order valence-corrected chi connectivity index (χ4v) is 4.34. The van der Waals surface area contributed by atoms with E-state index in [4.69, 9.17) is 0 Å². The van der Waals surface area contributed by atoms with Gasteiger partial charge in [-0.05, 0) is 46.0 Å². The zero-order valence-electron chi connectivity index (χ0n) is 13.5. The zero-order valence-corrected chi connectivity index (χ0v) is 13.5. The lowest BCUT2D eigenvalue weighted by molar-refractivity contribution is 0.0170. The topological polar surface area (TPSA) is 15.3 Å². The molecule has 0 aromatic rings. The second-order valence-corrected chi connectivity index (χ2v) is 7.48. The van der Waals surface area contributed by atoms with E-state index >= 15 is 0 Å². The molecule has 2 heteroatoms. The van der Waals surface area contributed by atoms with Crippen LogP contribution in [0.3, 0.4) is 0 Å². The van der Waals surface area contributed by atoms with E-state index < -0.39 is 0 Å². The van der Waals surface area contributed by atoms with Crippen LogP contribution >= 0.6 is 0 Å². The highest BCUT2D eigenvalue weighted by Gasteiger charge is 2.37. The van der Waals surface area contributed by atoms with Gasteiger partial charge in [0, 0.05) is 30.7 Å². The van der Waals surface area contributed by atoms with E-state index in [1.54, 1.807) is 0 Å². The summed E-state index contributed by atoms with van der Waals surface area (Å²) < 4.78 is 0. The van der Waals surface area contributed by atoms with Gasteiger partial charge >= 0.3 is 0 Å². The fourth-order valence-electron chi connectivity index (χ4n) is 4.34. The first-order chi connectivity index (χ1) is 9.04. The molecule has 0 spiro atoms. The molecule has 2 rings (SSSR count). The van der Waals surface area contributed by atoms with Crippen molar-refractivity contribution in [1.82, 2.24) is 10.2 Å². The smallest absolute Gasteiger partial charge is 0.0224 e. The highest BCUT2D eigenvalue weighted by molar-refractivity contribution is 4.95. The molecule has 2 nitrogen and oxygen atoms in total. The summed E-state index contributed by atoms with van der Waals surface area (Å²) in [6, 6.07) is 1.43. The molecular weight excluding hydrogens is 232 g/mol. The molecule has 1 N–H and O–H groups in total. The van der Waals surface area contributed by atoms with Crippen LogP contribution in [0.15, 0.2) is 0 Å². The van der Waals surface area contributed by atoms with Crippen LogP contribution in [0.4, 0.5) is 0 Å². The Hall–Kier alpha value is -0.0800. The molecule has 0 amide bonds. The fraction of sp³-hybridized carbons (Fsp3) is 1.00. The average molecular weight is 266 g/mol. The first kappa shape index (κ1) is 15.3. The monoisotopic (exact) mass is 266 g/mol. The number of rotatable bonds is 4. The summed E-state index contributed by atoms with van der Waals surface area (Å²) in [5, 5.41) is 3.84. The summed E-state index contributed by atoms with van der Waals surface area (Å²) in [4.78, 5) is 2.78. The Morgan fingerprint density at radius 2 is 1.84 bits per heavy atom. The van der Waals surface area contributed by atoms with Crippen LogP contribution in [0.2, 0.25) is 0 Å². The molecule has 2 aliphatic rings. The van der Waals surface area contributed by atoms with Crippen molar-refractivity contribution in [2.75, 3.05) is 13.1 Å². The van der Waals surface area contributed by atoms with E-state index in [1.165, 1.54) is 58.0 Å². The van der Waals surface area contributed by atoms with Gasteiger partial charge in [0.15, 0.2) is 0 Å². The second kappa shape index (κ2) is 6.58. The van der Waals surface area contributed by atoms with Crippen LogP contribution in [0, 0.1) is 5.92 Å². The van der Waals surface area contributed by atoms with Crippen molar-refractivity contribution in [3.05, 3.63) is 0 Å². The third-order valence-corrected chi connectivity index (χ3v) is 5.46. The lowest BCUT2D eigenvalue weighted by Gasteiger charge is -2.50. The molecule has 0 radical (unpaired) electrons. The van der Waals surface area contributed by atoms with Crippen molar-refractivity contribution in [2.24, 2.45) is 5.92 Å². The van der Waals surface area contributed by atoms with Gasteiger partial charge in [0.25, 0.3) is 0 Å². The molecule has 2 unspecified atom stereocenters. The van der Waals surface area contributed by atoms with Crippen LogP contribution in [0.1, 0.15) is 72.6 Å². The standard InChI is InChI=1S/C17H34N2/c1-5-11-17(3,4)19-13-16(18-12-14(19)2)15-9-7-6-8-10-15/h14-16,18H,5-13H2,1-4H3. The summed E-state index contributed by atoms with van der Waals surface area (Å²) in [5.41, 5.74) is 0.364. The molecule has 1 aliphatic carbocycles. The first-order valence-corrected chi connectivity index (χ1v) is 8.54. The Morgan fingerprint density at radius 1 is 1.16 bits per heavy atom. The normalized spacial score (nSPS) is 31.6. The molecule has 1 heterocycles. The van der Waals surface area contributed by atoms with E-state index in [9.17, 15) is 0 Å². The molecule has 1 saturated heterocycles. The molecule has 19 heavy (non-hydrogen) atoms. The van der Waals surface area contributed by atoms with Crippen LogP contribution in [0.25, 0.3) is 0 Å². The van der Waals surface area contributed by atoms with Crippen LogP contribution in [-0.2, 0) is 0 Å². The predicted octanol–water partition coefficient (Wildman–Crippen LogP) is 3.81. The van der Waals surface area contributed by atoms with Gasteiger partial charge < -0.3 is 5.32 Å². The van der Waals surface area contributed by atoms with Gasteiger partial charge in [0.2, 0.25) is 0 Å². The van der Waals surface area contributed by atoms with E-state index in [2.05, 4.69) is 37.9 Å². The van der Waals surface area contributed by atoms with Gasteiger partial charge in [0.1, 0.15) is 0 Å². The van der Waals surface area contributed by atoms with Crippen molar-refractivity contribution >= 4 is 0 Å². The molecule has 112 valence electrons. The molecule has 0 bridgehead atoms. The van der Waals surface area contributed by atoms with Crippen molar-refractivity contribution in [2.45, 2.75) is 90.3 Å². The average Bonchev–Trinajstić information content (AvgIpc) is 2.40. The molecule has 2 atom stereocenters. The summed E-state index contributed by atoms with van der Waals surface area (Å²) >= 11 is 0. The Kier molecular flexibility index (Phi) is 5.30. The minimum Gasteiger partial charge on any atom is -0.311 e. The molecular formula is C17H34N2. The number of piperazine rings is 1. The van der Waals surface area contributed by atoms with Crippen molar-refractivity contribution in [3.8, 4) is 0 Å². The summed E-state index contributed by atoms with van der Waals surface area (Å²) in [7, 11) is 0. The highest BCUT2D eigenvalue weighted by atomic mass is 15.3. The SMILES string of the molecule is CCCC(C)(C)N1CC(C2CCCCC2)NCC1C. The lowest BCUT2D eigenvalue weighted by atomic mass is 9.81. The first-order valence-electron chi connectivity index (χ1n) is 8.54. The largest absolute Gasteiger partial charge is 0.311 e. The Bertz CT molecular complexity index is 268. The molecule has 0 aromatic carbocycles. The van der Waals surface area contributed by atoms with Crippen molar-refractivity contribution in [1.29, 1.82) is 0 Å². The number of nitrogens with one attached hydrogen (secondary N) is 1. The Labute approximate surface area is 120 Å². The third kappa shape index (κ3) is 3.72. The van der Waals surface area contributed by atoms with Crippen molar-refractivity contribution < 1.29 is 0 Å². The number of nitrogens with zero attached hydrogens (tertiary/aromatic N) is 1. The van der Waals surface area contributed by atoms with E-state index in [0.29, 0.717) is 11.6 Å². The van der Waals surface area contributed by atoms with Gasteiger partial charge in [-0.25, -0.2) is 0 Å². The second-order valence-electron chi connectivity index (χ2n) is 7.48. The maximum atomic E-state index is 3.84. The van der Waals surface area contributed by atoms with E-state index in [1.807, 2.05) is 0 Å². The van der Waals surface area contributed by atoms with Gasteiger partial charge in [-0.2, -0.15) is 0 Å². The molecule has 1 aliphatic heterocycles. The lowest BCUT2D eigenvalue weighted by Crippen LogP contribution is -2.63. The van der Waals surface area contributed by atoms with E-state index in [0.717, 1.165) is 12.0 Å². The predicted molar refractivity (Wildman–Crippen MR) is 83.5 cm³/mol. The zero-order chi connectivity index (χ0) is 13.9. The summed E-state index contributed by atoms with van der Waals surface area (Å²) in [6.45, 7) is 12.0. The maximum absolute atomic E-state index is 3.84. The molecule has 1 saturated carbocycles.